The van der Waals surface area contributed by atoms with Crippen LogP contribution in [0.3, 0.4) is 0 Å². The molecule has 0 aliphatic rings. The maximum atomic E-state index is 11.8. The van der Waals surface area contributed by atoms with Gasteiger partial charge in [-0.15, -0.1) is 0 Å². The fraction of sp³-hybridized carbons (Fsp3) is 0.600. The zero-order valence-electron chi connectivity index (χ0n) is 25.9. The lowest BCUT2D eigenvalue weighted by atomic mass is 10.1. The van der Waals surface area contributed by atoms with E-state index in [9.17, 15) is 24.9 Å². The second-order valence-corrected chi connectivity index (χ2v) is 10.2. The molecule has 0 saturated carbocycles. The molecule has 0 bridgehead atoms. The summed E-state index contributed by atoms with van der Waals surface area (Å²) in [6.07, 6.45) is 31.8. The molecule has 0 aliphatic heterocycles. The number of ether oxygens (including phenoxy) is 2. The van der Waals surface area contributed by atoms with E-state index in [2.05, 4.69) is 13.8 Å². The third kappa shape index (κ3) is 28.8. The number of hydrogen-bond acceptors (Lipinski definition) is 7. The van der Waals surface area contributed by atoms with Crippen molar-refractivity contribution in [2.75, 3.05) is 13.2 Å². The van der Waals surface area contributed by atoms with Crippen LogP contribution in [0.1, 0.15) is 104 Å². The maximum Gasteiger partial charge on any atom is 0.306 e. The molecular formula is C35H56O7. The number of aliphatic hydroxyl groups is 3. The van der Waals surface area contributed by atoms with Gasteiger partial charge in [0.05, 0.1) is 12.2 Å². The molecule has 0 fully saturated rings. The summed E-state index contributed by atoms with van der Waals surface area (Å²) >= 11 is 0. The van der Waals surface area contributed by atoms with Crippen LogP contribution in [0.4, 0.5) is 0 Å². The van der Waals surface area contributed by atoms with E-state index in [0.717, 1.165) is 25.7 Å². The Morgan fingerprint density at radius 3 is 1.74 bits per heavy atom. The Balaban J connectivity index is 3.83. The van der Waals surface area contributed by atoms with E-state index in [1.165, 1.54) is 25.7 Å². The Morgan fingerprint density at radius 1 is 0.619 bits per heavy atom. The normalized spacial score (nSPS) is 14.7. The van der Waals surface area contributed by atoms with E-state index in [1.54, 1.807) is 30.4 Å². The fourth-order valence-electron chi connectivity index (χ4n) is 3.70. The highest BCUT2D eigenvalue weighted by atomic mass is 16.6. The molecule has 7 heteroatoms. The molecule has 238 valence electrons. The summed E-state index contributed by atoms with van der Waals surface area (Å²) in [5.41, 5.74) is 0. The van der Waals surface area contributed by atoms with Gasteiger partial charge in [-0.1, -0.05) is 125 Å². The Kier molecular flexibility index (Phi) is 27.8. The number of unbranched alkanes of at least 4 members (excludes halogenated alkanes) is 6. The van der Waals surface area contributed by atoms with Gasteiger partial charge in [-0.25, -0.2) is 0 Å². The van der Waals surface area contributed by atoms with Gasteiger partial charge in [0, 0.05) is 12.8 Å². The number of aliphatic hydroxyl groups excluding tert-OH is 3. The highest BCUT2D eigenvalue weighted by Crippen LogP contribution is 2.09. The third-order valence-electron chi connectivity index (χ3n) is 6.14. The van der Waals surface area contributed by atoms with Crippen molar-refractivity contribution in [2.24, 2.45) is 0 Å². The molecule has 7 nitrogen and oxygen atoms in total. The average Bonchev–Trinajstić information content (AvgIpc) is 2.97. The van der Waals surface area contributed by atoms with Crippen molar-refractivity contribution in [1.29, 1.82) is 0 Å². The number of esters is 2. The molecule has 3 atom stereocenters. The monoisotopic (exact) mass is 588 g/mol. The second kappa shape index (κ2) is 29.7. The van der Waals surface area contributed by atoms with Gasteiger partial charge in [0.15, 0.2) is 0 Å². The number of carbonyl (C=O) groups excluding carboxylic acids is 2. The lowest BCUT2D eigenvalue weighted by molar-refractivity contribution is -0.152. The van der Waals surface area contributed by atoms with E-state index in [1.807, 2.05) is 42.5 Å². The molecule has 0 aliphatic carbocycles. The minimum atomic E-state index is -1.03. The molecule has 0 rings (SSSR count). The molecule has 42 heavy (non-hydrogen) atoms. The fourth-order valence-corrected chi connectivity index (χ4v) is 3.70. The van der Waals surface area contributed by atoms with Crippen molar-refractivity contribution in [3.63, 3.8) is 0 Å². The van der Waals surface area contributed by atoms with Crippen LogP contribution in [-0.4, -0.2) is 58.8 Å². The predicted octanol–water partition coefficient (Wildman–Crippen LogP) is 6.99. The third-order valence-corrected chi connectivity index (χ3v) is 6.14. The average molecular weight is 589 g/mol. The molecule has 0 unspecified atom stereocenters. The van der Waals surface area contributed by atoms with Crippen molar-refractivity contribution < 1.29 is 34.4 Å². The highest BCUT2D eigenvalue weighted by Gasteiger charge is 2.11. The van der Waals surface area contributed by atoms with E-state index >= 15 is 0 Å². The van der Waals surface area contributed by atoms with Gasteiger partial charge in [0.25, 0.3) is 0 Å². The Bertz CT molecular complexity index is 838. The van der Waals surface area contributed by atoms with Crippen LogP contribution in [-0.2, 0) is 19.1 Å². The first-order chi connectivity index (χ1) is 20.4. The molecule has 0 amide bonds. The Labute approximate surface area is 254 Å². The largest absolute Gasteiger partial charge is 0.463 e. The number of carbonyl (C=O) groups is 2. The Morgan fingerprint density at radius 2 is 1.14 bits per heavy atom. The first-order valence-corrected chi connectivity index (χ1v) is 15.7. The summed E-state index contributed by atoms with van der Waals surface area (Å²) in [5, 5.41) is 29.6. The SMILES string of the molecule is CC/C=C\C[C@@H](O)/C=C/C=C\C=C\[C@@H](O)C/C=C\C/C=C\CCC(=O)OC[C@@H](O)COC(=O)CCCCCCCCC. The summed E-state index contributed by atoms with van der Waals surface area (Å²) in [6, 6.07) is 0. The van der Waals surface area contributed by atoms with Gasteiger partial charge >= 0.3 is 11.9 Å². The standard InChI is InChI=1S/C35H56O7/c1-3-5-7-8-9-13-21-27-34(39)41-29-33(38)30-42-35(40)28-22-14-11-10-12-18-24-32(37)26-20-16-15-19-25-31(36)23-17-6-4-2/h6,11-12,14-20,25-26,31-33,36-38H,3-5,7-10,13,21-24,27-30H2,1-2H3/b14-11-,16-15-,17-6-,18-12-,25-19+,26-20+/t31-,32+,33+/m1/s1. The van der Waals surface area contributed by atoms with Gasteiger partial charge in [0.1, 0.15) is 19.3 Å². The van der Waals surface area contributed by atoms with Crippen LogP contribution in [0.2, 0.25) is 0 Å². The lowest BCUT2D eigenvalue weighted by Crippen LogP contribution is -2.25. The van der Waals surface area contributed by atoms with E-state index < -0.39 is 24.3 Å². The van der Waals surface area contributed by atoms with E-state index in [-0.39, 0.29) is 25.6 Å². The summed E-state index contributed by atoms with van der Waals surface area (Å²) in [6.45, 7) is 3.87. The number of hydrogen-bond donors (Lipinski definition) is 3. The highest BCUT2D eigenvalue weighted by molar-refractivity contribution is 5.70. The van der Waals surface area contributed by atoms with Crippen LogP contribution in [0, 0.1) is 0 Å². The number of rotatable bonds is 26. The van der Waals surface area contributed by atoms with Crippen LogP contribution in [0.25, 0.3) is 0 Å². The first-order valence-electron chi connectivity index (χ1n) is 15.7. The van der Waals surface area contributed by atoms with Gasteiger partial charge in [-0.2, -0.15) is 0 Å². The zero-order chi connectivity index (χ0) is 31.1. The van der Waals surface area contributed by atoms with Gasteiger partial charge in [-0.3, -0.25) is 9.59 Å². The molecule has 0 radical (unpaired) electrons. The summed E-state index contributed by atoms with van der Waals surface area (Å²) in [5.74, 6) is -0.744. The van der Waals surface area contributed by atoms with Crippen LogP contribution in [0.15, 0.2) is 72.9 Å². The topological polar surface area (TPSA) is 113 Å². The van der Waals surface area contributed by atoms with Crippen LogP contribution >= 0.6 is 0 Å². The van der Waals surface area contributed by atoms with Gasteiger partial charge in [-0.05, 0) is 38.5 Å². The van der Waals surface area contributed by atoms with Crippen molar-refractivity contribution >= 4 is 11.9 Å². The maximum absolute atomic E-state index is 11.8. The molecule has 0 saturated heterocycles. The molecule has 0 heterocycles. The van der Waals surface area contributed by atoms with Crippen LogP contribution in [0.5, 0.6) is 0 Å². The molecular weight excluding hydrogens is 532 g/mol. The van der Waals surface area contributed by atoms with Crippen molar-refractivity contribution in [2.45, 2.75) is 122 Å². The molecule has 0 aromatic carbocycles. The van der Waals surface area contributed by atoms with E-state index in [4.69, 9.17) is 9.47 Å². The molecule has 0 aromatic rings. The summed E-state index contributed by atoms with van der Waals surface area (Å²) in [7, 11) is 0. The first kappa shape index (κ1) is 39.3. The van der Waals surface area contributed by atoms with E-state index in [0.29, 0.717) is 32.1 Å². The number of allylic oxidation sites excluding steroid dienone is 8. The summed E-state index contributed by atoms with van der Waals surface area (Å²) < 4.78 is 10.1. The smallest absolute Gasteiger partial charge is 0.306 e. The lowest BCUT2D eigenvalue weighted by Gasteiger charge is -2.12. The Hall–Kier alpha value is -2.74. The zero-order valence-corrected chi connectivity index (χ0v) is 25.9. The minimum absolute atomic E-state index is 0.171. The molecule has 3 N–H and O–H groups in total. The second-order valence-electron chi connectivity index (χ2n) is 10.2. The summed E-state index contributed by atoms with van der Waals surface area (Å²) in [4.78, 5) is 23.6. The van der Waals surface area contributed by atoms with Gasteiger partial charge in [0.2, 0.25) is 0 Å². The van der Waals surface area contributed by atoms with Crippen molar-refractivity contribution in [3.05, 3.63) is 72.9 Å². The van der Waals surface area contributed by atoms with Crippen LogP contribution < -0.4 is 0 Å². The van der Waals surface area contributed by atoms with Crippen molar-refractivity contribution in [3.8, 4) is 0 Å². The van der Waals surface area contributed by atoms with Gasteiger partial charge < -0.3 is 24.8 Å². The minimum Gasteiger partial charge on any atom is -0.463 e. The van der Waals surface area contributed by atoms with Crippen molar-refractivity contribution in [1.82, 2.24) is 0 Å². The predicted molar refractivity (Wildman–Crippen MR) is 171 cm³/mol. The quantitative estimate of drug-likeness (QED) is 0.0432. The molecule has 0 aromatic heterocycles. The molecule has 0 spiro atoms.